The van der Waals surface area contributed by atoms with Crippen LogP contribution in [-0.4, -0.2) is 18.5 Å². The van der Waals surface area contributed by atoms with E-state index in [4.69, 9.17) is 4.74 Å². The molecule has 94 valence electrons. The minimum Gasteiger partial charge on any atom is -0.370 e. The zero-order valence-corrected chi connectivity index (χ0v) is 10.9. The number of hydrogen-bond acceptors (Lipinski definition) is 2. The monoisotopic (exact) mass is 226 g/mol. The first kappa shape index (κ1) is 13.7. The van der Waals surface area contributed by atoms with Crippen molar-refractivity contribution in [2.45, 2.75) is 76.7 Å². The van der Waals surface area contributed by atoms with Gasteiger partial charge in [0.2, 0.25) is 0 Å². The van der Waals surface area contributed by atoms with E-state index in [1.165, 1.54) is 25.7 Å². The van der Waals surface area contributed by atoms with Gasteiger partial charge in [0, 0.05) is 13.5 Å². The number of hydrogen-bond donors (Lipinski definition) is 0. The molecule has 1 saturated carbocycles. The van der Waals surface area contributed by atoms with Gasteiger partial charge in [-0.05, 0) is 19.3 Å². The molecule has 0 aromatic carbocycles. The summed E-state index contributed by atoms with van der Waals surface area (Å²) in [5.74, 6) is 0.353. The molecule has 0 unspecified atom stereocenters. The molecule has 0 aromatic rings. The van der Waals surface area contributed by atoms with Gasteiger partial charge in [-0.1, -0.05) is 45.4 Å². The van der Waals surface area contributed by atoms with Crippen molar-refractivity contribution in [1.29, 1.82) is 0 Å². The smallest absolute Gasteiger partial charge is 0.164 e. The van der Waals surface area contributed by atoms with Crippen LogP contribution in [0, 0.1) is 0 Å². The van der Waals surface area contributed by atoms with E-state index < -0.39 is 5.60 Å². The second-order valence-corrected chi connectivity index (χ2v) is 4.99. The lowest BCUT2D eigenvalue weighted by Crippen LogP contribution is -2.42. The van der Waals surface area contributed by atoms with E-state index in [1.54, 1.807) is 7.11 Å². The lowest BCUT2D eigenvalue weighted by molar-refractivity contribution is -0.145. The van der Waals surface area contributed by atoms with E-state index in [-0.39, 0.29) is 0 Å². The van der Waals surface area contributed by atoms with Gasteiger partial charge < -0.3 is 4.74 Å². The highest BCUT2D eigenvalue weighted by molar-refractivity contribution is 5.87. The molecule has 0 atom stereocenters. The van der Waals surface area contributed by atoms with Crippen LogP contribution in [0.25, 0.3) is 0 Å². The second kappa shape index (κ2) is 7.05. The molecule has 2 nitrogen and oxygen atoms in total. The largest absolute Gasteiger partial charge is 0.370 e. The number of ether oxygens (including phenoxy) is 1. The Labute approximate surface area is 99.8 Å². The highest BCUT2D eigenvalue weighted by Gasteiger charge is 2.38. The zero-order valence-electron chi connectivity index (χ0n) is 10.9. The maximum Gasteiger partial charge on any atom is 0.164 e. The maximum atomic E-state index is 12.2. The second-order valence-electron chi connectivity index (χ2n) is 4.99. The molecule has 0 spiro atoms. The van der Waals surface area contributed by atoms with Crippen LogP contribution in [0.4, 0.5) is 0 Å². The molecule has 16 heavy (non-hydrogen) atoms. The van der Waals surface area contributed by atoms with Gasteiger partial charge in [-0.3, -0.25) is 4.79 Å². The molecule has 1 aliphatic rings. The van der Waals surface area contributed by atoms with E-state index in [0.29, 0.717) is 12.2 Å². The van der Waals surface area contributed by atoms with E-state index in [2.05, 4.69) is 6.92 Å². The zero-order chi connectivity index (χ0) is 11.9. The molecule has 0 saturated heterocycles. The van der Waals surface area contributed by atoms with Crippen LogP contribution in [0.2, 0.25) is 0 Å². The Morgan fingerprint density at radius 2 is 1.81 bits per heavy atom. The van der Waals surface area contributed by atoms with Crippen LogP contribution in [0.5, 0.6) is 0 Å². The molecule has 1 fully saturated rings. The molecule has 0 N–H and O–H groups in total. The van der Waals surface area contributed by atoms with Crippen LogP contribution in [0.3, 0.4) is 0 Å². The van der Waals surface area contributed by atoms with Gasteiger partial charge in [-0.25, -0.2) is 0 Å². The van der Waals surface area contributed by atoms with E-state index in [0.717, 1.165) is 32.1 Å². The molecule has 1 rings (SSSR count). The van der Waals surface area contributed by atoms with Crippen LogP contribution >= 0.6 is 0 Å². The van der Waals surface area contributed by atoms with Gasteiger partial charge in [0.1, 0.15) is 5.60 Å². The third-order valence-electron chi connectivity index (χ3n) is 3.82. The standard InChI is InChI=1S/C14H26O2/c1-3-4-5-7-10-13(15)14(16-2)11-8-6-9-12-14/h3-12H2,1-2H3. The van der Waals surface area contributed by atoms with Crippen molar-refractivity contribution in [3.63, 3.8) is 0 Å². The minimum atomic E-state index is -0.412. The van der Waals surface area contributed by atoms with Crippen LogP contribution in [0.1, 0.15) is 71.1 Å². The Balaban J connectivity index is 2.36. The van der Waals surface area contributed by atoms with Gasteiger partial charge >= 0.3 is 0 Å². The average molecular weight is 226 g/mol. The molecular formula is C14H26O2. The summed E-state index contributed by atoms with van der Waals surface area (Å²) in [4.78, 5) is 12.2. The van der Waals surface area contributed by atoms with Gasteiger partial charge in [-0.15, -0.1) is 0 Å². The fourth-order valence-corrected chi connectivity index (χ4v) is 2.66. The van der Waals surface area contributed by atoms with Crippen molar-refractivity contribution in [3.8, 4) is 0 Å². The van der Waals surface area contributed by atoms with Crippen molar-refractivity contribution < 1.29 is 9.53 Å². The number of carbonyl (C=O) groups excluding carboxylic acids is 1. The number of carbonyl (C=O) groups is 1. The molecule has 0 aliphatic heterocycles. The fourth-order valence-electron chi connectivity index (χ4n) is 2.66. The first-order valence-electron chi connectivity index (χ1n) is 6.83. The predicted molar refractivity (Wildman–Crippen MR) is 66.6 cm³/mol. The van der Waals surface area contributed by atoms with Gasteiger partial charge in [0.15, 0.2) is 5.78 Å². The summed E-state index contributed by atoms with van der Waals surface area (Å²) in [6.07, 6.45) is 10.8. The number of rotatable bonds is 7. The Bertz CT molecular complexity index is 205. The molecule has 2 heteroatoms. The van der Waals surface area contributed by atoms with Crippen molar-refractivity contribution in [2.75, 3.05) is 7.11 Å². The normalized spacial score (nSPS) is 19.6. The number of methoxy groups -OCH3 is 1. The SMILES string of the molecule is CCCCCCC(=O)C1(OC)CCCCC1. The topological polar surface area (TPSA) is 26.3 Å². The molecule has 0 heterocycles. The molecular weight excluding hydrogens is 200 g/mol. The molecule has 1 aliphatic carbocycles. The molecule has 0 bridgehead atoms. The summed E-state index contributed by atoms with van der Waals surface area (Å²) in [7, 11) is 1.70. The third-order valence-corrected chi connectivity index (χ3v) is 3.82. The Kier molecular flexibility index (Phi) is 6.04. The highest BCUT2D eigenvalue weighted by atomic mass is 16.5. The van der Waals surface area contributed by atoms with Crippen LogP contribution in [0.15, 0.2) is 0 Å². The number of unbranched alkanes of at least 4 members (excludes halogenated alkanes) is 3. The fraction of sp³-hybridized carbons (Fsp3) is 0.929. The van der Waals surface area contributed by atoms with Crippen LogP contribution < -0.4 is 0 Å². The van der Waals surface area contributed by atoms with Gasteiger partial charge in [-0.2, -0.15) is 0 Å². The Hall–Kier alpha value is -0.370. The first-order valence-corrected chi connectivity index (χ1v) is 6.83. The first-order chi connectivity index (χ1) is 7.75. The van der Waals surface area contributed by atoms with Crippen molar-refractivity contribution in [3.05, 3.63) is 0 Å². The van der Waals surface area contributed by atoms with Crippen LogP contribution in [-0.2, 0) is 9.53 Å². The highest BCUT2D eigenvalue weighted by Crippen LogP contribution is 2.33. The lowest BCUT2D eigenvalue weighted by Gasteiger charge is -2.34. The third kappa shape index (κ3) is 3.58. The lowest BCUT2D eigenvalue weighted by atomic mass is 9.80. The number of Topliss-reactive ketones (excluding diaryl/α,β-unsaturated/α-hetero) is 1. The van der Waals surface area contributed by atoms with Crippen molar-refractivity contribution in [2.24, 2.45) is 0 Å². The molecule has 0 aromatic heterocycles. The molecule has 0 radical (unpaired) electrons. The van der Waals surface area contributed by atoms with Gasteiger partial charge in [0.05, 0.1) is 0 Å². The minimum absolute atomic E-state index is 0.353. The number of ketones is 1. The van der Waals surface area contributed by atoms with Gasteiger partial charge in [0.25, 0.3) is 0 Å². The maximum absolute atomic E-state index is 12.2. The summed E-state index contributed by atoms with van der Waals surface area (Å²) < 4.78 is 5.55. The quantitative estimate of drug-likeness (QED) is 0.616. The van der Waals surface area contributed by atoms with E-state index in [9.17, 15) is 4.79 Å². The van der Waals surface area contributed by atoms with E-state index >= 15 is 0 Å². The Morgan fingerprint density at radius 3 is 2.38 bits per heavy atom. The predicted octanol–water partition coefficient (Wildman–Crippen LogP) is 3.88. The summed E-state index contributed by atoms with van der Waals surface area (Å²) in [5.41, 5.74) is -0.412. The summed E-state index contributed by atoms with van der Waals surface area (Å²) in [6, 6.07) is 0. The van der Waals surface area contributed by atoms with E-state index in [1.807, 2.05) is 0 Å². The molecule has 0 amide bonds. The van der Waals surface area contributed by atoms with Crippen molar-refractivity contribution in [1.82, 2.24) is 0 Å². The summed E-state index contributed by atoms with van der Waals surface area (Å²) in [6.45, 7) is 2.19. The Morgan fingerprint density at radius 1 is 1.12 bits per heavy atom. The average Bonchev–Trinajstić information content (AvgIpc) is 2.35. The van der Waals surface area contributed by atoms with Crippen molar-refractivity contribution >= 4 is 5.78 Å². The summed E-state index contributed by atoms with van der Waals surface area (Å²) >= 11 is 0. The summed E-state index contributed by atoms with van der Waals surface area (Å²) in [5, 5.41) is 0.